The summed E-state index contributed by atoms with van der Waals surface area (Å²) in [5.74, 6) is 0.648. The van der Waals surface area contributed by atoms with Crippen molar-refractivity contribution in [3.63, 3.8) is 0 Å². The van der Waals surface area contributed by atoms with Crippen molar-refractivity contribution in [1.82, 2.24) is 9.97 Å². The molecule has 2 rings (SSSR count). The lowest BCUT2D eigenvalue weighted by atomic mass is 10.3. The van der Waals surface area contributed by atoms with Crippen molar-refractivity contribution in [3.8, 4) is 0 Å². The van der Waals surface area contributed by atoms with E-state index >= 15 is 0 Å². The molecule has 2 N–H and O–H groups in total. The molecule has 7 heteroatoms. The van der Waals surface area contributed by atoms with Gasteiger partial charge >= 0.3 is 0 Å². The number of anilines is 3. The number of halogens is 3. The molecule has 0 atom stereocenters. The maximum atomic E-state index is 13.3. The van der Waals surface area contributed by atoms with Crippen LogP contribution < -0.4 is 10.6 Å². The van der Waals surface area contributed by atoms with Crippen LogP contribution >= 0.6 is 27.5 Å². The normalized spacial score (nSPS) is 10.4. The third kappa shape index (κ3) is 4.05. The molecule has 1 aromatic carbocycles. The van der Waals surface area contributed by atoms with Crippen molar-refractivity contribution >= 4 is 45.0 Å². The highest BCUT2D eigenvalue weighted by Crippen LogP contribution is 2.26. The molecule has 0 radical (unpaired) electrons. The standard InChI is InChI=1S/C13H13BrClFN4/c1-2-3-17-13-18-7-11(14)12(20-13)19-10-5-8(15)4-9(16)6-10/h4-7H,2-3H2,1H3,(H2,17,18,19,20). The second kappa shape index (κ2) is 6.85. The zero-order valence-electron chi connectivity index (χ0n) is 10.8. The number of aromatic nitrogens is 2. The van der Waals surface area contributed by atoms with E-state index in [2.05, 4.69) is 43.5 Å². The summed E-state index contributed by atoms with van der Waals surface area (Å²) in [5, 5.41) is 6.42. The van der Waals surface area contributed by atoms with E-state index in [1.165, 1.54) is 12.1 Å². The molecular formula is C13H13BrClFN4. The van der Waals surface area contributed by atoms with Gasteiger partial charge < -0.3 is 10.6 Å². The van der Waals surface area contributed by atoms with Crippen LogP contribution in [0.5, 0.6) is 0 Å². The van der Waals surface area contributed by atoms with Gasteiger partial charge in [-0.2, -0.15) is 4.98 Å². The number of nitrogens with zero attached hydrogens (tertiary/aromatic N) is 2. The quantitative estimate of drug-likeness (QED) is 0.819. The Morgan fingerprint density at radius 2 is 2.15 bits per heavy atom. The summed E-state index contributed by atoms with van der Waals surface area (Å²) in [6.45, 7) is 2.84. The summed E-state index contributed by atoms with van der Waals surface area (Å²) in [5.41, 5.74) is 0.524. The SMILES string of the molecule is CCCNc1ncc(Br)c(Nc2cc(F)cc(Cl)c2)n1. The van der Waals surface area contributed by atoms with Crippen LogP contribution in [0.15, 0.2) is 28.9 Å². The second-order valence-electron chi connectivity index (χ2n) is 4.10. The van der Waals surface area contributed by atoms with Crippen LogP contribution in [0.25, 0.3) is 0 Å². The molecular weight excluding hydrogens is 347 g/mol. The number of nitrogens with one attached hydrogen (secondary N) is 2. The first-order valence-corrected chi connectivity index (χ1v) is 7.25. The molecule has 0 fully saturated rings. The molecule has 4 nitrogen and oxygen atoms in total. The molecule has 0 bridgehead atoms. The summed E-state index contributed by atoms with van der Waals surface area (Å²) < 4.78 is 14.0. The molecule has 106 valence electrons. The first kappa shape index (κ1) is 15.0. The largest absolute Gasteiger partial charge is 0.354 e. The van der Waals surface area contributed by atoms with Crippen LogP contribution in [0.2, 0.25) is 5.02 Å². The van der Waals surface area contributed by atoms with Crippen molar-refractivity contribution in [2.24, 2.45) is 0 Å². The fourth-order valence-electron chi connectivity index (χ4n) is 1.54. The topological polar surface area (TPSA) is 49.8 Å². The minimum absolute atomic E-state index is 0.321. The van der Waals surface area contributed by atoms with E-state index in [9.17, 15) is 4.39 Å². The smallest absolute Gasteiger partial charge is 0.224 e. The molecule has 0 spiro atoms. The van der Waals surface area contributed by atoms with E-state index in [1.807, 2.05) is 0 Å². The molecule has 0 unspecified atom stereocenters. The fraction of sp³-hybridized carbons (Fsp3) is 0.231. The van der Waals surface area contributed by atoms with Gasteiger partial charge in [-0.1, -0.05) is 18.5 Å². The van der Waals surface area contributed by atoms with Crippen LogP contribution in [0.4, 0.5) is 21.8 Å². The van der Waals surface area contributed by atoms with Gasteiger partial charge in [0.25, 0.3) is 0 Å². The lowest BCUT2D eigenvalue weighted by molar-refractivity contribution is 0.628. The van der Waals surface area contributed by atoms with Gasteiger partial charge in [0.1, 0.15) is 11.6 Å². The Morgan fingerprint density at radius 1 is 1.35 bits per heavy atom. The van der Waals surface area contributed by atoms with Crippen molar-refractivity contribution < 1.29 is 4.39 Å². The highest BCUT2D eigenvalue weighted by atomic mass is 79.9. The van der Waals surface area contributed by atoms with E-state index < -0.39 is 5.82 Å². The molecule has 0 aliphatic rings. The van der Waals surface area contributed by atoms with Gasteiger partial charge in [0.2, 0.25) is 5.95 Å². The van der Waals surface area contributed by atoms with E-state index in [0.29, 0.717) is 26.9 Å². The second-order valence-corrected chi connectivity index (χ2v) is 5.39. The van der Waals surface area contributed by atoms with Crippen LogP contribution in [0, 0.1) is 5.82 Å². The number of rotatable bonds is 5. The molecule has 2 aromatic rings. The minimum atomic E-state index is -0.408. The average Bonchev–Trinajstić information content (AvgIpc) is 2.38. The first-order chi connectivity index (χ1) is 9.58. The van der Waals surface area contributed by atoms with Crippen molar-refractivity contribution in [2.45, 2.75) is 13.3 Å². The number of hydrogen-bond acceptors (Lipinski definition) is 4. The average molecular weight is 360 g/mol. The van der Waals surface area contributed by atoms with Crippen LogP contribution in [0.1, 0.15) is 13.3 Å². The molecule has 0 aliphatic heterocycles. The lowest BCUT2D eigenvalue weighted by Crippen LogP contribution is -2.06. The highest BCUT2D eigenvalue weighted by molar-refractivity contribution is 9.10. The molecule has 0 aliphatic carbocycles. The molecule has 20 heavy (non-hydrogen) atoms. The van der Waals surface area contributed by atoms with E-state index in [-0.39, 0.29) is 0 Å². The summed E-state index contributed by atoms with van der Waals surface area (Å²) in [6.07, 6.45) is 2.61. The van der Waals surface area contributed by atoms with Gasteiger partial charge in [-0.3, -0.25) is 0 Å². The Hall–Kier alpha value is -1.40. The van der Waals surface area contributed by atoms with Crippen LogP contribution in [-0.2, 0) is 0 Å². The van der Waals surface area contributed by atoms with Gasteiger partial charge in [-0.15, -0.1) is 0 Å². The van der Waals surface area contributed by atoms with E-state index in [4.69, 9.17) is 11.6 Å². The van der Waals surface area contributed by atoms with Crippen LogP contribution in [0.3, 0.4) is 0 Å². The lowest BCUT2D eigenvalue weighted by Gasteiger charge is -2.10. The van der Waals surface area contributed by atoms with Crippen molar-refractivity contribution in [3.05, 3.63) is 39.7 Å². The van der Waals surface area contributed by atoms with Gasteiger partial charge in [-0.05, 0) is 40.5 Å². The Morgan fingerprint density at radius 3 is 2.85 bits per heavy atom. The third-order valence-electron chi connectivity index (χ3n) is 2.40. The van der Waals surface area contributed by atoms with Gasteiger partial charge in [0, 0.05) is 23.5 Å². The monoisotopic (exact) mass is 358 g/mol. The van der Waals surface area contributed by atoms with Gasteiger partial charge in [0.05, 0.1) is 4.47 Å². The summed E-state index contributed by atoms with van der Waals surface area (Å²) in [6, 6.07) is 4.22. The maximum Gasteiger partial charge on any atom is 0.224 e. The zero-order valence-corrected chi connectivity index (χ0v) is 13.1. The molecule has 0 saturated carbocycles. The predicted molar refractivity (Wildman–Crippen MR) is 83.2 cm³/mol. The molecule has 0 saturated heterocycles. The Kier molecular flexibility index (Phi) is 5.14. The Labute approximate surface area is 129 Å². The predicted octanol–water partition coefficient (Wildman–Crippen LogP) is 4.60. The Bertz CT molecular complexity index is 589. The van der Waals surface area contributed by atoms with Crippen LogP contribution in [-0.4, -0.2) is 16.5 Å². The zero-order chi connectivity index (χ0) is 14.5. The van der Waals surface area contributed by atoms with E-state index in [0.717, 1.165) is 13.0 Å². The molecule has 1 heterocycles. The summed E-state index contributed by atoms with van der Waals surface area (Å²) in [4.78, 5) is 8.46. The molecule has 1 aromatic heterocycles. The molecule has 0 amide bonds. The third-order valence-corrected chi connectivity index (χ3v) is 3.20. The Balaban J connectivity index is 2.23. The first-order valence-electron chi connectivity index (χ1n) is 6.08. The summed E-state index contributed by atoms with van der Waals surface area (Å²) >= 11 is 9.17. The van der Waals surface area contributed by atoms with Gasteiger partial charge in [0.15, 0.2) is 0 Å². The summed E-state index contributed by atoms with van der Waals surface area (Å²) in [7, 11) is 0. The van der Waals surface area contributed by atoms with Gasteiger partial charge in [-0.25, -0.2) is 9.37 Å². The fourth-order valence-corrected chi connectivity index (χ4v) is 2.05. The van der Waals surface area contributed by atoms with E-state index in [1.54, 1.807) is 12.3 Å². The highest BCUT2D eigenvalue weighted by Gasteiger charge is 2.07. The maximum absolute atomic E-state index is 13.3. The van der Waals surface area contributed by atoms with Crippen molar-refractivity contribution in [1.29, 1.82) is 0 Å². The van der Waals surface area contributed by atoms with Crippen molar-refractivity contribution in [2.75, 3.05) is 17.2 Å². The number of hydrogen-bond donors (Lipinski definition) is 2. The minimum Gasteiger partial charge on any atom is -0.354 e. The number of benzene rings is 1.